The van der Waals surface area contributed by atoms with E-state index < -0.39 is 0 Å². The molecular weight excluding hydrogens is 715 g/mol. The van der Waals surface area contributed by atoms with Gasteiger partial charge >= 0.3 is 0 Å². The minimum absolute atomic E-state index is 0.100. The third-order valence-electron chi connectivity index (χ3n) is 12.2. The number of rotatable bonds is 4. The van der Waals surface area contributed by atoms with Gasteiger partial charge in [-0.2, -0.15) is 0 Å². The maximum atomic E-state index is 2.46. The van der Waals surface area contributed by atoms with E-state index >= 15 is 0 Å². The van der Waals surface area contributed by atoms with Crippen LogP contribution in [0.25, 0.3) is 84.1 Å². The minimum Gasteiger partial charge on any atom is -0.310 e. The highest BCUT2D eigenvalue weighted by atomic mass is 32.1. The van der Waals surface area contributed by atoms with Crippen LogP contribution in [-0.4, -0.2) is 0 Å². The molecule has 2 heterocycles. The molecular formula is C53H35NS2. The Hall–Kier alpha value is -6.26. The van der Waals surface area contributed by atoms with E-state index in [0.717, 1.165) is 11.4 Å². The van der Waals surface area contributed by atoms with E-state index in [9.17, 15) is 0 Å². The highest BCUT2D eigenvalue weighted by molar-refractivity contribution is 7.28. The predicted octanol–water partition coefficient (Wildman–Crippen LogP) is 16.2. The zero-order valence-electron chi connectivity index (χ0n) is 31.0. The lowest BCUT2D eigenvalue weighted by Gasteiger charge is -2.28. The standard InChI is InChI=1S/C53H35NS2/c1-53(2)45-14-8-7-13-41(45)42-25-22-39(31-46(42)53)54(37-20-17-33(18-21-37)36-16-15-32-9-3-4-11-35(32)29-36)38-23-26-47-44(30-38)51-48(55-47)27-28-49-50(51)43-24-19-34-10-5-6-12-40(34)52(43)56-49/h3-31H,1-2H3. The lowest BCUT2D eigenvalue weighted by atomic mass is 9.82. The molecule has 0 spiro atoms. The summed E-state index contributed by atoms with van der Waals surface area (Å²) in [5.74, 6) is 0. The van der Waals surface area contributed by atoms with Gasteiger partial charge in [0.25, 0.3) is 0 Å². The first-order chi connectivity index (χ1) is 27.5. The van der Waals surface area contributed by atoms with Crippen molar-refractivity contribution < 1.29 is 0 Å². The molecule has 0 amide bonds. The van der Waals surface area contributed by atoms with Gasteiger partial charge in [0.1, 0.15) is 0 Å². The van der Waals surface area contributed by atoms with Crippen molar-refractivity contribution in [3.05, 3.63) is 187 Å². The van der Waals surface area contributed by atoms with Crippen LogP contribution < -0.4 is 4.90 Å². The Labute approximate surface area is 333 Å². The van der Waals surface area contributed by atoms with Gasteiger partial charge in [0, 0.05) is 62.8 Å². The van der Waals surface area contributed by atoms with Crippen molar-refractivity contribution in [3.63, 3.8) is 0 Å². The van der Waals surface area contributed by atoms with Crippen molar-refractivity contribution in [2.75, 3.05) is 4.90 Å². The van der Waals surface area contributed by atoms with Crippen LogP contribution >= 0.6 is 22.7 Å². The summed E-state index contributed by atoms with van der Waals surface area (Å²) in [7, 11) is 0. The molecule has 3 heteroatoms. The number of hydrogen-bond donors (Lipinski definition) is 0. The van der Waals surface area contributed by atoms with Crippen LogP contribution in [0.1, 0.15) is 25.0 Å². The Morgan fingerprint density at radius 1 is 0.393 bits per heavy atom. The normalized spacial score (nSPS) is 13.3. The zero-order chi connectivity index (χ0) is 37.1. The quantitative estimate of drug-likeness (QED) is 0.173. The van der Waals surface area contributed by atoms with Gasteiger partial charge < -0.3 is 4.90 Å². The van der Waals surface area contributed by atoms with Crippen molar-refractivity contribution in [2.24, 2.45) is 0 Å². The topological polar surface area (TPSA) is 3.24 Å². The smallest absolute Gasteiger partial charge is 0.0468 e. The molecule has 1 aliphatic carbocycles. The van der Waals surface area contributed by atoms with Crippen LogP contribution in [0.3, 0.4) is 0 Å². The number of anilines is 3. The van der Waals surface area contributed by atoms with E-state index in [-0.39, 0.29) is 5.41 Å². The molecule has 1 nitrogen and oxygen atoms in total. The summed E-state index contributed by atoms with van der Waals surface area (Å²) in [5, 5.41) is 10.5. The third kappa shape index (κ3) is 4.65. The Kier molecular flexibility index (Phi) is 6.79. The van der Waals surface area contributed by atoms with Crippen molar-refractivity contribution in [1.82, 2.24) is 0 Å². The van der Waals surface area contributed by atoms with Crippen LogP contribution in [0, 0.1) is 0 Å². The maximum absolute atomic E-state index is 2.46. The van der Waals surface area contributed by atoms with E-state index in [0.29, 0.717) is 0 Å². The SMILES string of the molecule is CC1(C)c2ccccc2-c2ccc(N(c3ccc(-c4ccc5ccccc5c4)cc3)c3ccc4sc5ccc6sc7c8ccccc8ccc7c6c5c4c3)cc21. The molecule has 0 N–H and O–H groups in total. The second kappa shape index (κ2) is 11.9. The third-order valence-corrected chi connectivity index (χ3v) is 14.6. The number of hydrogen-bond acceptors (Lipinski definition) is 3. The predicted molar refractivity (Wildman–Crippen MR) is 245 cm³/mol. The maximum Gasteiger partial charge on any atom is 0.0468 e. The van der Waals surface area contributed by atoms with Crippen molar-refractivity contribution >= 4 is 102 Å². The molecule has 0 saturated carbocycles. The summed E-state index contributed by atoms with van der Waals surface area (Å²) >= 11 is 3.82. The second-order valence-corrected chi connectivity index (χ2v) is 17.8. The average Bonchev–Trinajstić information content (AvgIpc) is 3.88. The number of benzene rings is 9. The minimum atomic E-state index is -0.100. The molecule has 0 saturated heterocycles. The summed E-state index contributed by atoms with van der Waals surface area (Å²) in [6.07, 6.45) is 0. The molecule has 56 heavy (non-hydrogen) atoms. The van der Waals surface area contributed by atoms with Gasteiger partial charge in [-0.25, -0.2) is 0 Å². The fourth-order valence-corrected chi connectivity index (χ4v) is 11.8. The van der Waals surface area contributed by atoms with Crippen LogP contribution in [-0.2, 0) is 5.41 Å². The van der Waals surface area contributed by atoms with Crippen LogP contribution in [0.15, 0.2) is 176 Å². The first-order valence-corrected chi connectivity index (χ1v) is 21.0. The second-order valence-electron chi connectivity index (χ2n) is 15.7. The Balaban J connectivity index is 1.06. The first kappa shape index (κ1) is 32.0. The molecule has 11 aromatic rings. The van der Waals surface area contributed by atoms with E-state index in [2.05, 4.69) is 195 Å². The highest BCUT2D eigenvalue weighted by Crippen LogP contribution is 2.52. The molecule has 0 radical (unpaired) electrons. The van der Waals surface area contributed by atoms with Gasteiger partial charge in [-0.1, -0.05) is 129 Å². The van der Waals surface area contributed by atoms with Crippen molar-refractivity contribution in [3.8, 4) is 22.3 Å². The highest BCUT2D eigenvalue weighted by Gasteiger charge is 2.35. The molecule has 9 aromatic carbocycles. The van der Waals surface area contributed by atoms with Crippen molar-refractivity contribution in [1.29, 1.82) is 0 Å². The van der Waals surface area contributed by atoms with E-state index in [1.807, 2.05) is 22.7 Å². The lowest BCUT2D eigenvalue weighted by molar-refractivity contribution is 0.660. The van der Waals surface area contributed by atoms with E-state index in [4.69, 9.17) is 0 Å². The molecule has 0 atom stereocenters. The van der Waals surface area contributed by atoms with Crippen molar-refractivity contribution in [2.45, 2.75) is 19.3 Å². The molecule has 264 valence electrons. The zero-order valence-corrected chi connectivity index (χ0v) is 32.6. The van der Waals surface area contributed by atoms with Gasteiger partial charge in [-0.3, -0.25) is 0 Å². The largest absolute Gasteiger partial charge is 0.310 e. The van der Waals surface area contributed by atoms with Crippen LogP contribution in [0.5, 0.6) is 0 Å². The molecule has 12 rings (SSSR count). The van der Waals surface area contributed by atoms with Gasteiger partial charge in [0.15, 0.2) is 0 Å². The molecule has 0 fully saturated rings. The molecule has 0 unspecified atom stereocenters. The Bertz CT molecular complexity index is 3400. The summed E-state index contributed by atoms with van der Waals surface area (Å²) < 4.78 is 5.36. The van der Waals surface area contributed by atoms with E-state index in [1.165, 1.54) is 101 Å². The lowest BCUT2D eigenvalue weighted by Crippen LogP contribution is -2.16. The fraction of sp³-hybridized carbons (Fsp3) is 0.0566. The summed E-state index contributed by atoms with van der Waals surface area (Å²) in [6.45, 7) is 4.74. The average molecular weight is 750 g/mol. The van der Waals surface area contributed by atoms with Gasteiger partial charge in [-0.15, -0.1) is 22.7 Å². The fourth-order valence-electron chi connectivity index (χ4n) is 9.44. The van der Waals surface area contributed by atoms with Gasteiger partial charge in [-0.05, 0) is 116 Å². The van der Waals surface area contributed by atoms with Gasteiger partial charge in [0.05, 0.1) is 0 Å². The number of thiophene rings is 2. The number of fused-ring (bicyclic) bond motifs is 13. The number of nitrogens with zero attached hydrogens (tertiary/aromatic N) is 1. The molecule has 0 bridgehead atoms. The first-order valence-electron chi connectivity index (χ1n) is 19.3. The molecule has 0 aliphatic heterocycles. The Morgan fingerprint density at radius 3 is 1.89 bits per heavy atom. The van der Waals surface area contributed by atoms with E-state index in [1.54, 1.807) is 0 Å². The molecule has 1 aliphatic rings. The van der Waals surface area contributed by atoms with Crippen LogP contribution in [0.4, 0.5) is 17.1 Å². The summed E-state index contributed by atoms with van der Waals surface area (Å²) in [6, 6.07) is 65.7. The Morgan fingerprint density at radius 2 is 1.02 bits per heavy atom. The summed E-state index contributed by atoms with van der Waals surface area (Å²) in [5.41, 5.74) is 11.2. The molecule has 2 aromatic heterocycles. The monoisotopic (exact) mass is 749 g/mol. The van der Waals surface area contributed by atoms with Gasteiger partial charge in [0.2, 0.25) is 0 Å². The van der Waals surface area contributed by atoms with Crippen LogP contribution in [0.2, 0.25) is 0 Å². The summed E-state index contributed by atoms with van der Waals surface area (Å²) in [4.78, 5) is 2.46.